The topological polar surface area (TPSA) is 87.0 Å². The summed E-state index contributed by atoms with van der Waals surface area (Å²) in [5.41, 5.74) is 7.25. The quantitative estimate of drug-likeness (QED) is 0.855. The first kappa shape index (κ1) is 18.1. The summed E-state index contributed by atoms with van der Waals surface area (Å²) in [4.78, 5) is 41.2. The maximum absolute atomic E-state index is 12.8. The van der Waals surface area contributed by atoms with Crippen LogP contribution in [0.15, 0.2) is 30.5 Å². The standard InChI is InChI=1S/C19H24N4O3/c1-14(24)23-7-6-15-4-2-3-5-16(15)17(23)12-19(26)22-10-8-21(9-11-22)13-18(20)25/h2-7,17H,8-13H2,1H3,(H2,20,25). The monoisotopic (exact) mass is 356 g/mol. The predicted octanol–water partition coefficient (Wildman–Crippen LogP) is 0.580. The number of rotatable bonds is 4. The summed E-state index contributed by atoms with van der Waals surface area (Å²) in [5.74, 6) is -0.419. The van der Waals surface area contributed by atoms with Crippen LogP contribution in [0.4, 0.5) is 0 Å². The number of benzene rings is 1. The Morgan fingerprint density at radius 1 is 1.12 bits per heavy atom. The van der Waals surface area contributed by atoms with Crippen LogP contribution in [0.2, 0.25) is 0 Å². The van der Waals surface area contributed by atoms with E-state index in [4.69, 9.17) is 5.73 Å². The fraction of sp³-hybridized carbons (Fsp3) is 0.421. The molecule has 2 heterocycles. The number of hydrogen-bond acceptors (Lipinski definition) is 4. The van der Waals surface area contributed by atoms with Crippen LogP contribution in [0.25, 0.3) is 6.08 Å². The Kier molecular flexibility index (Phi) is 5.37. The van der Waals surface area contributed by atoms with Crippen molar-refractivity contribution in [1.82, 2.24) is 14.7 Å². The molecule has 0 bridgehead atoms. The highest BCUT2D eigenvalue weighted by Gasteiger charge is 2.31. The van der Waals surface area contributed by atoms with Gasteiger partial charge in [-0.25, -0.2) is 0 Å². The van der Waals surface area contributed by atoms with Crippen LogP contribution in [0.5, 0.6) is 0 Å². The van der Waals surface area contributed by atoms with Gasteiger partial charge in [0, 0.05) is 39.3 Å². The minimum absolute atomic E-state index is 0.0186. The lowest BCUT2D eigenvalue weighted by atomic mass is 9.93. The number of amides is 3. The molecule has 1 fully saturated rings. The predicted molar refractivity (Wildman–Crippen MR) is 97.6 cm³/mol. The molecule has 1 atom stereocenters. The average molecular weight is 356 g/mol. The van der Waals surface area contributed by atoms with Crippen molar-refractivity contribution in [3.63, 3.8) is 0 Å². The van der Waals surface area contributed by atoms with Crippen LogP contribution in [0.3, 0.4) is 0 Å². The van der Waals surface area contributed by atoms with E-state index in [2.05, 4.69) is 0 Å². The van der Waals surface area contributed by atoms with Gasteiger partial charge < -0.3 is 15.5 Å². The van der Waals surface area contributed by atoms with Gasteiger partial charge >= 0.3 is 0 Å². The van der Waals surface area contributed by atoms with E-state index in [0.29, 0.717) is 26.2 Å². The van der Waals surface area contributed by atoms with Crippen LogP contribution < -0.4 is 5.73 Å². The molecule has 0 radical (unpaired) electrons. The summed E-state index contributed by atoms with van der Waals surface area (Å²) in [6, 6.07) is 7.55. The maximum Gasteiger partial charge on any atom is 0.231 e. The molecule has 1 unspecified atom stereocenters. The van der Waals surface area contributed by atoms with Gasteiger partial charge in [0.05, 0.1) is 19.0 Å². The first-order chi connectivity index (χ1) is 12.5. The van der Waals surface area contributed by atoms with Crippen molar-refractivity contribution in [2.75, 3.05) is 32.7 Å². The number of carbonyl (C=O) groups is 3. The zero-order chi connectivity index (χ0) is 18.7. The average Bonchev–Trinajstić information content (AvgIpc) is 2.61. The summed E-state index contributed by atoms with van der Waals surface area (Å²) < 4.78 is 0. The molecule has 7 heteroatoms. The molecule has 0 aliphatic carbocycles. The smallest absolute Gasteiger partial charge is 0.231 e. The number of fused-ring (bicyclic) bond motifs is 1. The SMILES string of the molecule is CC(=O)N1C=Cc2ccccc2C1CC(=O)N1CCN(CC(N)=O)CC1. The molecule has 26 heavy (non-hydrogen) atoms. The molecule has 3 rings (SSSR count). The van der Waals surface area contributed by atoms with E-state index in [1.807, 2.05) is 35.2 Å². The van der Waals surface area contributed by atoms with Crippen molar-refractivity contribution in [1.29, 1.82) is 0 Å². The zero-order valence-corrected chi connectivity index (χ0v) is 14.9. The Bertz CT molecular complexity index is 738. The lowest BCUT2D eigenvalue weighted by molar-refractivity contribution is -0.136. The van der Waals surface area contributed by atoms with Gasteiger partial charge in [-0.2, -0.15) is 0 Å². The van der Waals surface area contributed by atoms with Crippen LogP contribution in [-0.2, 0) is 14.4 Å². The number of primary amides is 1. The highest BCUT2D eigenvalue weighted by molar-refractivity contribution is 5.82. The van der Waals surface area contributed by atoms with Crippen LogP contribution >= 0.6 is 0 Å². The van der Waals surface area contributed by atoms with Gasteiger partial charge in [0.25, 0.3) is 0 Å². The summed E-state index contributed by atoms with van der Waals surface area (Å²) in [6.07, 6.45) is 3.91. The second-order valence-electron chi connectivity index (χ2n) is 6.71. The van der Waals surface area contributed by atoms with Crippen molar-refractivity contribution in [3.8, 4) is 0 Å². The Labute approximate surface area is 153 Å². The molecule has 0 spiro atoms. The molecule has 7 nitrogen and oxygen atoms in total. The van der Waals surface area contributed by atoms with E-state index in [1.165, 1.54) is 6.92 Å². The second kappa shape index (κ2) is 7.70. The number of carbonyl (C=O) groups excluding carboxylic acids is 3. The lowest BCUT2D eigenvalue weighted by Crippen LogP contribution is -2.51. The fourth-order valence-electron chi connectivity index (χ4n) is 3.58. The molecule has 1 saturated heterocycles. The number of nitrogens with two attached hydrogens (primary N) is 1. The number of piperazine rings is 1. The maximum atomic E-state index is 12.8. The van der Waals surface area contributed by atoms with E-state index >= 15 is 0 Å². The molecular formula is C19H24N4O3. The van der Waals surface area contributed by atoms with E-state index < -0.39 is 0 Å². The molecule has 1 aromatic rings. The Hall–Kier alpha value is -2.67. The summed E-state index contributed by atoms with van der Waals surface area (Å²) in [6.45, 7) is 4.13. The van der Waals surface area contributed by atoms with Crippen molar-refractivity contribution < 1.29 is 14.4 Å². The summed E-state index contributed by atoms with van der Waals surface area (Å²) >= 11 is 0. The first-order valence-electron chi connectivity index (χ1n) is 8.80. The van der Waals surface area contributed by atoms with Gasteiger partial charge in [-0.3, -0.25) is 19.3 Å². The normalized spacial score (nSPS) is 20.0. The van der Waals surface area contributed by atoms with Gasteiger partial charge in [-0.15, -0.1) is 0 Å². The summed E-state index contributed by atoms with van der Waals surface area (Å²) in [5, 5.41) is 0. The Morgan fingerprint density at radius 2 is 1.81 bits per heavy atom. The van der Waals surface area contributed by atoms with E-state index in [1.54, 1.807) is 16.0 Å². The molecule has 138 valence electrons. The highest BCUT2D eigenvalue weighted by atomic mass is 16.2. The van der Waals surface area contributed by atoms with Crippen LogP contribution in [0.1, 0.15) is 30.5 Å². The molecule has 3 amide bonds. The lowest BCUT2D eigenvalue weighted by Gasteiger charge is -2.37. The molecule has 2 aliphatic heterocycles. The minimum atomic E-state index is -0.354. The molecule has 0 aromatic heterocycles. The van der Waals surface area contributed by atoms with Gasteiger partial charge in [-0.1, -0.05) is 24.3 Å². The Morgan fingerprint density at radius 3 is 2.46 bits per heavy atom. The molecule has 0 saturated carbocycles. The van der Waals surface area contributed by atoms with Crippen molar-refractivity contribution in [2.45, 2.75) is 19.4 Å². The van der Waals surface area contributed by atoms with E-state index in [9.17, 15) is 14.4 Å². The van der Waals surface area contributed by atoms with Gasteiger partial charge in [0.2, 0.25) is 17.7 Å². The molecule has 2 N–H and O–H groups in total. The second-order valence-corrected chi connectivity index (χ2v) is 6.71. The Balaban J connectivity index is 1.68. The zero-order valence-electron chi connectivity index (χ0n) is 14.9. The third-order valence-corrected chi connectivity index (χ3v) is 4.94. The fourth-order valence-corrected chi connectivity index (χ4v) is 3.58. The number of hydrogen-bond donors (Lipinski definition) is 1. The molecular weight excluding hydrogens is 332 g/mol. The van der Waals surface area contributed by atoms with Crippen molar-refractivity contribution in [3.05, 3.63) is 41.6 Å². The molecule has 1 aromatic carbocycles. The van der Waals surface area contributed by atoms with Crippen LogP contribution in [0, 0.1) is 0 Å². The third kappa shape index (κ3) is 3.94. The van der Waals surface area contributed by atoms with Crippen LogP contribution in [-0.4, -0.2) is 65.1 Å². The van der Waals surface area contributed by atoms with Gasteiger partial charge in [-0.05, 0) is 17.2 Å². The molecule has 2 aliphatic rings. The highest BCUT2D eigenvalue weighted by Crippen LogP contribution is 2.33. The van der Waals surface area contributed by atoms with E-state index in [0.717, 1.165) is 11.1 Å². The van der Waals surface area contributed by atoms with Crippen molar-refractivity contribution in [2.24, 2.45) is 5.73 Å². The van der Waals surface area contributed by atoms with E-state index in [-0.39, 0.29) is 36.7 Å². The van der Waals surface area contributed by atoms with Gasteiger partial charge in [0.15, 0.2) is 0 Å². The minimum Gasteiger partial charge on any atom is -0.369 e. The third-order valence-electron chi connectivity index (χ3n) is 4.94. The largest absolute Gasteiger partial charge is 0.369 e. The van der Waals surface area contributed by atoms with Crippen molar-refractivity contribution >= 4 is 23.8 Å². The summed E-state index contributed by atoms with van der Waals surface area (Å²) in [7, 11) is 0. The first-order valence-corrected chi connectivity index (χ1v) is 8.80. The number of nitrogens with zero attached hydrogens (tertiary/aromatic N) is 3. The van der Waals surface area contributed by atoms with Gasteiger partial charge in [0.1, 0.15) is 0 Å².